The second-order valence-corrected chi connectivity index (χ2v) is 17.4. The van der Waals surface area contributed by atoms with E-state index in [2.05, 4.69) is 211 Å². The Morgan fingerprint density at radius 1 is 0.547 bits per heavy atom. The highest BCUT2D eigenvalue weighted by atomic mass is 16.5. The van der Waals surface area contributed by atoms with Crippen LogP contribution in [-0.2, 0) is 11.8 Å². The molecule has 1 heterocycles. The Bertz CT molecular complexity index is 3260. The number of unbranched alkanes of at least 4 members (excludes halogenated alkanes) is 1. The van der Waals surface area contributed by atoms with Gasteiger partial charge in [-0.3, -0.25) is 0 Å². The first-order valence-electron chi connectivity index (χ1n) is 22.7. The van der Waals surface area contributed by atoms with Crippen molar-refractivity contribution in [3.63, 3.8) is 0 Å². The van der Waals surface area contributed by atoms with E-state index in [1.165, 1.54) is 77.2 Å². The van der Waals surface area contributed by atoms with Crippen molar-refractivity contribution in [2.24, 2.45) is 5.92 Å². The molecule has 0 saturated heterocycles. The Balaban J connectivity index is 0.885. The molecule has 12 rings (SSSR count). The van der Waals surface area contributed by atoms with Crippen LogP contribution in [0.2, 0.25) is 0 Å². The summed E-state index contributed by atoms with van der Waals surface area (Å²) in [6.07, 6.45) is 19.1. The van der Waals surface area contributed by atoms with E-state index in [9.17, 15) is 0 Å². The maximum Gasteiger partial charge on any atom is 0.171 e. The minimum Gasteiger partial charge on any atom is -0.461 e. The number of aryl methyl sites for hydroxylation is 1. The number of fused-ring (bicyclic) bond motifs is 12. The maximum atomic E-state index is 6.66. The van der Waals surface area contributed by atoms with Gasteiger partial charge in [0.1, 0.15) is 0 Å². The van der Waals surface area contributed by atoms with E-state index in [4.69, 9.17) is 9.47 Å². The molecule has 8 aromatic rings. The zero-order valence-corrected chi connectivity index (χ0v) is 35.7. The molecule has 0 fully saturated rings. The normalized spacial score (nSPS) is 18.9. The predicted octanol–water partition coefficient (Wildman–Crippen LogP) is 15.3. The summed E-state index contributed by atoms with van der Waals surface area (Å²) in [5.41, 5.74) is 14.8. The van der Waals surface area contributed by atoms with Crippen LogP contribution in [0.1, 0.15) is 47.1 Å². The van der Waals surface area contributed by atoms with Gasteiger partial charge in [-0.15, -0.1) is 0 Å². The lowest BCUT2D eigenvalue weighted by Gasteiger charge is -2.37. The van der Waals surface area contributed by atoms with E-state index in [0.29, 0.717) is 11.5 Å². The predicted molar refractivity (Wildman–Crippen MR) is 265 cm³/mol. The molecule has 0 amide bonds. The summed E-state index contributed by atoms with van der Waals surface area (Å²) in [5.74, 6) is 1.62. The Morgan fingerprint density at radius 2 is 1.20 bits per heavy atom. The zero-order chi connectivity index (χ0) is 42.5. The lowest BCUT2D eigenvalue weighted by atomic mass is 9.64. The van der Waals surface area contributed by atoms with Crippen LogP contribution in [0.3, 0.4) is 0 Å². The first-order chi connectivity index (χ1) is 31.8. The van der Waals surface area contributed by atoms with Crippen LogP contribution in [0.25, 0.3) is 43.8 Å². The van der Waals surface area contributed by atoms with Gasteiger partial charge < -0.3 is 14.4 Å². The average molecular weight is 826 g/mol. The number of anilines is 2. The number of benzene rings is 8. The van der Waals surface area contributed by atoms with Crippen LogP contribution >= 0.6 is 0 Å². The SMILES string of the molecule is C1=CCC2C(=C1)c1ccccc1C21C2=C(/C=C/Oc3cc(N(CCCCc4cccc5ccccc45)c4ccc(-c5cccc6ccccc56)cc4)ccc3O/C=C/2)c2ccccc21. The van der Waals surface area contributed by atoms with Crippen LogP contribution in [0.4, 0.5) is 11.4 Å². The molecule has 3 aliphatic carbocycles. The van der Waals surface area contributed by atoms with E-state index in [0.717, 1.165) is 43.6 Å². The third-order valence-corrected chi connectivity index (χ3v) is 14.0. The van der Waals surface area contributed by atoms with Gasteiger partial charge in [-0.05, 0) is 139 Å². The van der Waals surface area contributed by atoms with Crippen LogP contribution in [0, 0.1) is 5.92 Å². The van der Waals surface area contributed by atoms with Crippen LogP contribution in [0.5, 0.6) is 11.5 Å². The van der Waals surface area contributed by atoms with E-state index in [1.807, 2.05) is 12.5 Å². The zero-order valence-electron chi connectivity index (χ0n) is 35.7. The third kappa shape index (κ3) is 6.26. The quantitative estimate of drug-likeness (QED) is 0.142. The van der Waals surface area contributed by atoms with Crippen molar-refractivity contribution in [1.82, 2.24) is 0 Å². The number of nitrogens with zero attached hydrogens (tertiary/aromatic N) is 1. The molecular formula is C61H47NO2. The summed E-state index contributed by atoms with van der Waals surface area (Å²) in [5, 5.41) is 5.15. The number of allylic oxidation sites excluding steroid dienone is 8. The monoisotopic (exact) mass is 825 g/mol. The molecule has 2 atom stereocenters. The molecule has 64 heavy (non-hydrogen) atoms. The summed E-state index contributed by atoms with van der Waals surface area (Å²) in [7, 11) is 0. The molecule has 1 aliphatic heterocycles. The lowest BCUT2D eigenvalue weighted by Crippen LogP contribution is -2.33. The molecule has 0 N–H and O–H groups in total. The first kappa shape index (κ1) is 38.1. The van der Waals surface area contributed by atoms with Crippen molar-refractivity contribution in [3.8, 4) is 22.6 Å². The second-order valence-electron chi connectivity index (χ2n) is 17.4. The van der Waals surface area contributed by atoms with Crippen molar-refractivity contribution >= 4 is 44.1 Å². The van der Waals surface area contributed by atoms with Crippen molar-refractivity contribution in [1.29, 1.82) is 0 Å². The van der Waals surface area contributed by atoms with Crippen LogP contribution in [0.15, 0.2) is 224 Å². The van der Waals surface area contributed by atoms with E-state index in [-0.39, 0.29) is 11.3 Å². The molecular weight excluding hydrogens is 779 g/mol. The highest BCUT2D eigenvalue weighted by molar-refractivity contribution is 5.98. The van der Waals surface area contributed by atoms with Gasteiger partial charge in [0.25, 0.3) is 0 Å². The Kier molecular flexibility index (Phi) is 9.48. The minimum atomic E-state index is -0.341. The van der Waals surface area contributed by atoms with Crippen molar-refractivity contribution in [2.75, 3.05) is 11.4 Å². The van der Waals surface area contributed by atoms with Gasteiger partial charge in [-0.2, -0.15) is 0 Å². The largest absolute Gasteiger partial charge is 0.461 e. The second kappa shape index (κ2) is 15.9. The summed E-state index contributed by atoms with van der Waals surface area (Å²) >= 11 is 0. The Labute approximate surface area is 375 Å². The molecule has 8 aromatic carbocycles. The maximum absolute atomic E-state index is 6.66. The average Bonchev–Trinajstić information content (AvgIpc) is 3.81. The molecule has 3 nitrogen and oxygen atoms in total. The Morgan fingerprint density at radius 3 is 2.06 bits per heavy atom. The fraction of sp³-hybridized carbons (Fsp3) is 0.115. The van der Waals surface area contributed by atoms with Crippen molar-refractivity contribution in [3.05, 3.63) is 252 Å². The topological polar surface area (TPSA) is 21.7 Å². The number of hydrogen-bond donors (Lipinski definition) is 0. The van der Waals surface area contributed by atoms with Crippen LogP contribution < -0.4 is 14.4 Å². The van der Waals surface area contributed by atoms with Gasteiger partial charge in [-0.1, -0.05) is 164 Å². The molecule has 0 aromatic heterocycles. The lowest BCUT2D eigenvalue weighted by molar-refractivity contribution is 0.414. The first-order valence-corrected chi connectivity index (χ1v) is 22.7. The van der Waals surface area contributed by atoms with Crippen molar-refractivity contribution in [2.45, 2.75) is 31.1 Å². The highest BCUT2D eigenvalue weighted by Crippen LogP contribution is 2.65. The van der Waals surface area contributed by atoms with Crippen molar-refractivity contribution < 1.29 is 9.47 Å². The highest BCUT2D eigenvalue weighted by Gasteiger charge is 2.56. The standard InChI is InChI=1S/C61H47NO2/c1-3-21-48-42(15-1)18-13-19-43(48)17-11-12-38-62(46-32-30-45(31-33-46)50-26-14-20-44-16-2-4-22-49(44)50)47-34-35-59-60(41-47)64-39-36-54-53-25-7-10-29-57(53)61(58(54)37-40-63-59)55-27-8-5-23-51(55)52-24-6-9-28-56(52)61/h1-10,13-16,18-27,29-37,39-41,56H,11-12,17,28,38H2/b39-36+,40-37+. The van der Waals surface area contributed by atoms with E-state index in [1.54, 1.807) is 0 Å². The third-order valence-electron chi connectivity index (χ3n) is 14.0. The van der Waals surface area contributed by atoms with E-state index < -0.39 is 0 Å². The molecule has 4 aliphatic rings. The summed E-state index contributed by atoms with van der Waals surface area (Å²) < 4.78 is 13.3. The van der Waals surface area contributed by atoms with Gasteiger partial charge in [0, 0.05) is 29.9 Å². The minimum absolute atomic E-state index is 0.277. The molecule has 3 heteroatoms. The summed E-state index contributed by atoms with van der Waals surface area (Å²) in [6.45, 7) is 0.844. The number of rotatable bonds is 8. The fourth-order valence-corrected chi connectivity index (χ4v) is 11.2. The smallest absolute Gasteiger partial charge is 0.171 e. The van der Waals surface area contributed by atoms with Gasteiger partial charge in [0.2, 0.25) is 0 Å². The number of ether oxygens (including phenoxy) is 2. The molecule has 308 valence electrons. The molecule has 1 spiro atoms. The summed E-state index contributed by atoms with van der Waals surface area (Å²) in [6, 6.07) is 63.9. The number of hydrogen-bond acceptors (Lipinski definition) is 3. The van der Waals surface area contributed by atoms with Gasteiger partial charge in [0.05, 0.1) is 17.9 Å². The molecule has 0 saturated carbocycles. The van der Waals surface area contributed by atoms with Crippen LogP contribution in [-0.4, -0.2) is 6.54 Å². The van der Waals surface area contributed by atoms with Gasteiger partial charge in [0.15, 0.2) is 11.5 Å². The summed E-state index contributed by atoms with van der Waals surface area (Å²) in [4.78, 5) is 2.43. The Hall–Kier alpha value is -7.62. The molecule has 0 bridgehead atoms. The molecule has 2 unspecified atom stereocenters. The fourth-order valence-electron chi connectivity index (χ4n) is 11.2. The van der Waals surface area contributed by atoms with Gasteiger partial charge in [-0.25, -0.2) is 0 Å². The van der Waals surface area contributed by atoms with E-state index >= 15 is 0 Å². The molecule has 0 radical (unpaired) electrons. The van der Waals surface area contributed by atoms with Gasteiger partial charge >= 0.3 is 0 Å².